The number of ether oxygens (including phenoxy) is 1. The second-order valence-electron chi connectivity index (χ2n) is 5.70. The van der Waals surface area contributed by atoms with Crippen LogP contribution in [0.4, 0.5) is 11.4 Å². The fraction of sp³-hybridized carbons (Fsp3) is 0.438. The van der Waals surface area contributed by atoms with Crippen LogP contribution in [-0.2, 0) is 4.74 Å². The van der Waals surface area contributed by atoms with Crippen LogP contribution in [-0.4, -0.2) is 42.0 Å². The molecule has 2 unspecified atom stereocenters. The van der Waals surface area contributed by atoms with E-state index in [1.54, 1.807) is 0 Å². The minimum atomic E-state index is -0.149. The van der Waals surface area contributed by atoms with E-state index in [1.807, 2.05) is 32.2 Å². The molecule has 0 spiro atoms. The van der Waals surface area contributed by atoms with Crippen molar-refractivity contribution >= 4 is 22.1 Å². The van der Waals surface area contributed by atoms with E-state index >= 15 is 0 Å². The smallest absolute Gasteiger partial charge is 0.0984 e. The van der Waals surface area contributed by atoms with Crippen molar-refractivity contribution in [3.05, 3.63) is 30.1 Å². The zero-order chi connectivity index (χ0) is 15.0. The number of hydrogen-bond acceptors (Lipinski definition) is 5. The number of nitrogens with two attached hydrogens (primary N) is 1. The molecule has 0 bridgehead atoms. The highest BCUT2D eigenvalue weighted by Crippen LogP contribution is 2.32. The number of hydrogen-bond donors (Lipinski definition) is 2. The SMILES string of the molecule is Cc1cc2c(N3CC(C)OC(CO)C3)ccc(N)c2cn1. The van der Waals surface area contributed by atoms with Crippen LogP contribution >= 0.6 is 0 Å². The van der Waals surface area contributed by atoms with E-state index in [0.29, 0.717) is 6.54 Å². The normalized spacial score (nSPS) is 22.7. The number of aliphatic hydroxyl groups is 1. The molecule has 5 heteroatoms. The molecule has 1 saturated heterocycles. The van der Waals surface area contributed by atoms with Gasteiger partial charge in [-0.2, -0.15) is 0 Å². The van der Waals surface area contributed by atoms with Crippen LogP contribution in [0, 0.1) is 6.92 Å². The van der Waals surface area contributed by atoms with Gasteiger partial charge >= 0.3 is 0 Å². The Bertz CT molecular complexity index is 659. The second-order valence-corrected chi connectivity index (χ2v) is 5.70. The lowest BCUT2D eigenvalue weighted by Gasteiger charge is -2.38. The molecule has 1 aliphatic heterocycles. The molecular weight excluding hydrogens is 266 g/mol. The third kappa shape index (κ3) is 2.66. The highest BCUT2D eigenvalue weighted by Gasteiger charge is 2.26. The molecule has 1 aromatic carbocycles. The maximum absolute atomic E-state index is 9.39. The van der Waals surface area contributed by atoms with Crippen LogP contribution in [0.3, 0.4) is 0 Å². The molecule has 3 rings (SSSR count). The van der Waals surface area contributed by atoms with E-state index in [4.69, 9.17) is 10.5 Å². The number of aromatic nitrogens is 1. The van der Waals surface area contributed by atoms with Crippen molar-refractivity contribution in [2.45, 2.75) is 26.1 Å². The summed E-state index contributed by atoms with van der Waals surface area (Å²) in [4.78, 5) is 6.60. The van der Waals surface area contributed by atoms with E-state index in [1.165, 1.54) is 0 Å². The lowest BCUT2D eigenvalue weighted by molar-refractivity contribution is -0.0420. The topological polar surface area (TPSA) is 71.6 Å². The highest BCUT2D eigenvalue weighted by atomic mass is 16.5. The summed E-state index contributed by atoms with van der Waals surface area (Å²) < 4.78 is 5.72. The number of rotatable bonds is 2. The molecule has 0 radical (unpaired) electrons. The summed E-state index contributed by atoms with van der Waals surface area (Å²) in [6, 6.07) is 6.03. The van der Waals surface area contributed by atoms with Crippen molar-refractivity contribution in [1.82, 2.24) is 4.98 Å². The van der Waals surface area contributed by atoms with E-state index in [-0.39, 0.29) is 18.8 Å². The molecule has 0 saturated carbocycles. The number of nitrogen functional groups attached to an aromatic ring is 1. The number of nitrogens with zero attached hydrogens (tertiary/aromatic N) is 2. The Kier molecular flexibility index (Phi) is 3.69. The molecule has 21 heavy (non-hydrogen) atoms. The van der Waals surface area contributed by atoms with Crippen molar-refractivity contribution in [2.24, 2.45) is 0 Å². The van der Waals surface area contributed by atoms with E-state index < -0.39 is 0 Å². The number of morpholine rings is 1. The van der Waals surface area contributed by atoms with Gasteiger partial charge < -0.3 is 20.5 Å². The summed E-state index contributed by atoms with van der Waals surface area (Å²) in [5, 5.41) is 11.5. The highest BCUT2D eigenvalue weighted by molar-refractivity contribution is 6.01. The maximum atomic E-state index is 9.39. The summed E-state index contributed by atoms with van der Waals surface area (Å²) in [6.45, 7) is 5.53. The lowest BCUT2D eigenvalue weighted by Crippen LogP contribution is -2.48. The van der Waals surface area contributed by atoms with Gasteiger partial charge in [-0.3, -0.25) is 4.98 Å². The van der Waals surface area contributed by atoms with E-state index in [0.717, 1.165) is 34.4 Å². The number of pyridine rings is 1. The van der Waals surface area contributed by atoms with Crippen LogP contribution in [0.2, 0.25) is 0 Å². The van der Waals surface area contributed by atoms with Gasteiger partial charge in [0, 0.05) is 47.1 Å². The summed E-state index contributed by atoms with van der Waals surface area (Å²) in [7, 11) is 0. The molecule has 3 N–H and O–H groups in total. The Morgan fingerprint density at radius 2 is 2.19 bits per heavy atom. The molecule has 112 valence electrons. The zero-order valence-corrected chi connectivity index (χ0v) is 12.4. The van der Waals surface area contributed by atoms with Crippen LogP contribution in [0.1, 0.15) is 12.6 Å². The van der Waals surface area contributed by atoms with Gasteiger partial charge in [0.25, 0.3) is 0 Å². The predicted octanol–water partition coefficient (Wildman–Crippen LogP) is 1.71. The summed E-state index contributed by atoms with van der Waals surface area (Å²) in [6.07, 6.45) is 1.77. The summed E-state index contributed by atoms with van der Waals surface area (Å²) in [5.74, 6) is 0. The van der Waals surface area contributed by atoms with Crippen molar-refractivity contribution < 1.29 is 9.84 Å². The van der Waals surface area contributed by atoms with Gasteiger partial charge in [-0.25, -0.2) is 0 Å². The van der Waals surface area contributed by atoms with Gasteiger partial charge in [0.15, 0.2) is 0 Å². The third-order valence-electron chi connectivity index (χ3n) is 3.92. The van der Waals surface area contributed by atoms with Crippen LogP contribution in [0.15, 0.2) is 24.4 Å². The minimum absolute atomic E-state index is 0.0360. The van der Waals surface area contributed by atoms with E-state index in [9.17, 15) is 5.11 Å². The number of benzene rings is 1. The summed E-state index contributed by atoms with van der Waals surface area (Å²) in [5.41, 5.74) is 8.89. The molecule has 1 aliphatic rings. The Balaban J connectivity index is 2.07. The first-order valence-electron chi connectivity index (χ1n) is 7.24. The predicted molar refractivity (Wildman–Crippen MR) is 84.5 cm³/mol. The molecule has 1 aromatic heterocycles. The van der Waals surface area contributed by atoms with Crippen LogP contribution < -0.4 is 10.6 Å². The Labute approximate surface area is 124 Å². The van der Waals surface area contributed by atoms with Gasteiger partial charge in [0.2, 0.25) is 0 Å². The average molecular weight is 287 g/mol. The first-order valence-corrected chi connectivity index (χ1v) is 7.24. The Hall–Kier alpha value is -1.85. The first-order chi connectivity index (χ1) is 10.1. The Morgan fingerprint density at radius 1 is 1.38 bits per heavy atom. The lowest BCUT2D eigenvalue weighted by atomic mass is 10.1. The van der Waals surface area contributed by atoms with E-state index in [2.05, 4.69) is 16.0 Å². The number of aryl methyl sites for hydroxylation is 1. The largest absolute Gasteiger partial charge is 0.398 e. The number of anilines is 2. The molecule has 2 heterocycles. The molecule has 0 amide bonds. The van der Waals surface area contributed by atoms with Crippen molar-refractivity contribution in [3.8, 4) is 0 Å². The maximum Gasteiger partial charge on any atom is 0.0984 e. The summed E-state index contributed by atoms with van der Waals surface area (Å²) >= 11 is 0. The molecule has 0 aliphatic carbocycles. The quantitative estimate of drug-likeness (QED) is 0.823. The number of fused-ring (bicyclic) bond motifs is 1. The molecule has 1 fully saturated rings. The fourth-order valence-corrected chi connectivity index (χ4v) is 2.97. The average Bonchev–Trinajstić information content (AvgIpc) is 2.46. The molecule has 2 aromatic rings. The molecular formula is C16H21N3O2. The fourth-order valence-electron chi connectivity index (χ4n) is 2.97. The van der Waals surface area contributed by atoms with Crippen LogP contribution in [0.25, 0.3) is 10.8 Å². The monoisotopic (exact) mass is 287 g/mol. The number of aliphatic hydroxyl groups excluding tert-OH is 1. The standard InChI is InChI=1S/C16H21N3O2/c1-10-5-13-14(6-18-10)15(17)3-4-16(13)19-7-11(2)21-12(8-19)9-20/h3-6,11-12,20H,7-9,17H2,1-2H3. The van der Waals surface area contributed by atoms with Gasteiger partial charge in [0.1, 0.15) is 0 Å². The molecule has 2 atom stereocenters. The first kappa shape index (κ1) is 14.1. The van der Waals surface area contributed by atoms with Gasteiger partial charge in [-0.1, -0.05) is 0 Å². The molecule has 5 nitrogen and oxygen atoms in total. The second kappa shape index (κ2) is 5.50. The van der Waals surface area contributed by atoms with Crippen molar-refractivity contribution in [2.75, 3.05) is 30.3 Å². The zero-order valence-electron chi connectivity index (χ0n) is 12.4. The third-order valence-corrected chi connectivity index (χ3v) is 3.92. The van der Waals surface area contributed by atoms with Crippen molar-refractivity contribution in [1.29, 1.82) is 0 Å². The minimum Gasteiger partial charge on any atom is -0.398 e. The van der Waals surface area contributed by atoms with Crippen molar-refractivity contribution in [3.63, 3.8) is 0 Å². The Morgan fingerprint density at radius 3 is 2.95 bits per heavy atom. The van der Waals surface area contributed by atoms with Gasteiger partial charge in [0.05, 0.1) is 18.8 Å². The van der Waals surface area contributed by atoms with Gasteiger partial charge in [-0.05, 0) is 32.0 Å². The van der Waals surface area contributed by atoms with Crippen LogP contribution in [0.5, 0.6) is 0 Å². The van der Waals surface area contributed by atoms with Gasteiger partial charge in [-0.15, -0.1) is 0 Å².